The highest BCUT2D eigenvalue weighted by Crippen LogP contribution is 2.30. The van der Waals surface area contributed by atoms with Crippen molar-refractivity contribution in [3.05, 3.63) is 65.2 Å². The van der Waals surface area contributed by atoms with E-state index in [1.807, 2.05) is 0 Å². The Bertz CT molecular complexity index is 899. The number of ether oxygens (including phenoxy) is 1. The summed E-state index contributed by atoms with van der Waals surface area (Å²) in [5.74, 6) is -0.930. The number of aromatic hydroxyl groups is 3. The molecular weight excluding hydrogens is 336 g/mol. The van der Waals surface area contributed by atoms with Crippen LogP contribution < -0.4 is 0 Å². The highest BCUT2D eigenvalue weighted by Gasteiger charge is 2.36. The van der Waals surface area contributed by atoms with E-state index in [0.29, 0.717) is 17.5 Å². The highest BCUT2D eigenvalue weighted by atomic mass is 16.7. The molecule has 3 rings (SSSR count). The Morgan fingerprint density at radius 1 is 1.15 bits per heavy atom. The van der Waals surface area contributed by atoms with E-state index in [-0.39, 0.29) is 28.9 Å². The van der Waals surface area contributed by atoms with Crippen molar-refractivity contribution in [3.8, 4) is 17.2 Å². The van der Waals surface area contributed by atoms with Crippen molar-refractivity contribution in [2.45, 2.75) is 18.8 Å². The standard InChI is InChI=1S/C20H18O6/c1-2-12-9-13(21)10-18(24)14(12)4-6-17(23)15-7-11(3-5-16(15)22)8-19-20(25)26-19/h2-7,9-10,19-22,24-25H,1,8H2/b6-4+/t19-,20?/m0/s1. The first-order valence-corrected chi connectivity index (χ1v) is 7.95. The Kier molecular flexibility index (Phi) is 4.79. The predicted molar refractivity (Wildman–Crippen MR) is 95.9 cm³/mol. The summed E-state index contributed by atoms with van der Waals surface area (Å²) in [5.41, 5.74) is 1.65. The lowest BCUT2D eigenvalue weighted by molar-refractivity contribution is 0.104. The summed E-state index contributed by atoms with van der Waals surface area (Å²) in [4.78, 5) is 12.5. The number of phenolic OH excluding ortho intramolecular Hbond substituents is 3. The third kappa shape index (κ3) is 3.77. The Morgan fingerprint density at radius 3 is 2.54 bits per heavy atom. The van der Waals surface area contributed by atoms with Gasteiger partial charge in [0.05, 0.1) is 5.56 Å². The molecule has 0 saturated carbocycles. The molecule has 2 aromatic carbocycles. The first-order chi connectivity index (χ1) is 12.4. The highest BCUT2D eigenvalue weighted by molar-refractivity contribution is 6.09. The zero-order valence-corrected chi connectivity index (χ0v) is 13.8. The van der Waals surface area contributed by atoms with Crippen molar-refractivity contribution < 1.29 is 30.0 Å². The van der Waals surface area contributed by atoms with E-state index in [0.717, 1.165) is 11.6 Å². The number of carbonyl (C=O) groups excluding carboxylic acids is 1. The number of hydrogen-bond acceptors (Lipinski definition) is 6. The minimum atomic E-state index is -0.780. The van der Waals surface area contributed by atoms with Gasteiger partial charge < -0.3 is 25.2 Å². The van der Waals surface area contributed by atoms with Crippen LogP contribution in [0.1, 0.15) is 27.0 Å². The molecule has 0 radical (unpaired) electrons. The summed E-state index contributed by atoms with van der Waals surface area (Å²) in [7, 11) is 0. The lowest BCUT2D eigenvalue weighted by Gasteiger charge is -2.06. The summed E-state index contributed by atoms with van der Waals surface area (Å²) in [5, 5.41) is 38.7. The molecule has 0 aliphatic carbocycles. The molecule has 1 fully saturated rings. The van der Waals surface area contributed by atoms with E-state index in [9.17, 15) is 25.2 Å². The fourth-order valence-corrected chi connectivity index (χ4v) is 2.67. The molecule has 1 saturated heterocycles. The second kappa shape index (κ2) is 7.03. The van der Waals surface area contributed by atoms with Crippen molar-refractivity contribution >= 4 is 17.9 Å². The van der Waals surface area contributed by atoms with E-state index in [1.165, 1.54) is 30.4 Å². The third-order valence-corrected chi connectivity index (χ3v) is 4.12. The smallest absolute Gasteiger partial charge is 0.189 e. The van der Waals surface area contributed by atoms with Gasteiger partial charge in [0.25, 0.3) is 0 Å². The third-order valence-electron chi connectivity index (χ3n) is 4.12. The Labute approximate surface area is 149 Å². The van der Waals surface area contributed by atoms with Gasteiger partial charge in [0.15, 0.2) is 12.1 Å². The molecule has 2 aromatic rings. The number of ketones is 1. The van der Waals surface area contributed by atoms with E-state index < -0.39 is 12.1 Å². The molecular formula is C20H18O6. The van der Waals surface area contributed by atoms with Gasteiger partial charge in [0.1, 0.15) is 23.4 Å². The molecule has 6 heteroatoms. The van der Waals surface area contributed by atoms with Crippen molar-refractivity contribution in [2.75, 3.05) is 0 Å². The van der Waals surface area contributed by atoms with Crippen LogP contribution in [0.5, 0.6) is 17.2 Å². The van der Waals surface area contributed by atoms with Crippen LogP contribution >= 0.6 is 0 Å². The molecule has 1 aliphatic rings. The summed E-state index contributed by atoms with van der Waals surface area (Å²) >= 11 is 0. The Balaban J connectivity index is 1.85. The molecule has 1 aliphatic heterocycles. The van der Waals surface area contributed by atoms with Crippen LogP contribution in [0.4, 0.5) is 0 Å². The number of epoxide rings is 1. The van der Waals surface area contributed by atoms with Crippen LogP contribution in [0.25, 0.3) is 12.2 Å². The Morgan fingerprint density at radius 2 is 1.88 bits per heavy atom. The first kappa shape index (κ1) is 17.7. The Hall–Kier alpha value is -3.09. The van der Waals surface area contributed by atoms with Crippen LogP contribution in [0, 0.1) is 0 Å². The molecule has 6 nitrogen and oxygen atoms in total. The number of aliphatic hydroxyl groups excluding tert-OH is 1. The number of hydrogen-bond donors (Lipinski definition) is 4. The molecule has 26 heavy (non-hydrogen) atoms. The quantitative estimate of drug-likeness (QED) is 0.361. The lowest BCUT2D eigenvalue weighted by atomic mass is 10.0. The second-order valence-corrected chi connectivity index (χ2v) is 5.99. The molecule has 2 atom stereocenters. The van der Waals surface area contributed by atoms with E-state index in [2.05, 4.69) is 6.58 Å². The molecule has 134 valence electrons. The van der Waals surface area contributed by atoms with Crippen LogP contribution in [-0.2, 0) is 11.2 Å². The average Bonchev–Trinajstić information content (AvgIpc) is 3.29. The van der Waals surface area contributed by atoms with Gasteiger partial charge in [-0.15, -0.1) is 0 Å². The van der Waals surface area contributed by atoms with Crippen molar-refractivity contribution in [2.24, 2.45) is 0 Å². The molecule has 4 N–H and O–H groups in total. The molecule has 1 unspecified atom stereocenters. The number of rotatable bonds is 6. The summed E-state index contributed by atoms with van der Waals surface area (Å²) < 4.78 is 4.94. The number of allylic oxidation sites excluding steroid dienone is 1. The SMILES string of the molecule is C=Cc1cc(O)cc(O)c1/C=C/C(=O)c1cc(C[C@@H]2OC2O)ccc1O. The molecule has 0 spiro atoms. The van der Waals surface area contributed by atoms with E-state index >= 15 is 0 Å². The first-order valence-electron chi connectivity index (χ1n) is 7.95. The van der Waals surface area contributed by atoms with Gasteiger partial charge >= 0.3 is 0 Å². The number of aliphatic hydroxyl groups is 1. The topological polar surface area (TPSA) is 111 Å². The van der Waals surface area contributed by atoms with Crippen LogP contribution in [-0.4, -0.2) is 38.6 Å². The number of carbonyl (C=O) groups is 1. The van der Waals surface area contributed by atoms with E-state index in [1.54, 1.807) is 12.1 Å². The average molecular weight is 354 g/mol. The monoisotopic (exact) mass is 354 g/mol. The molecule has 1 heterocycles. The summed E-state index contributed by atoms with van der Waals surface area (Å²) in [6.45, 7) is 3.61. The van der Waals surface area contributed by atoms with Gasteiger partial charge in [-0.3, -0.25) is 4.79 Å². The molecule has 0 aromatic heterocycles. The maximum atomic E-state index is 12.5. The maximum absolute atomic E-state index is 12.5. The molecule has 0 amide bonds. The van der Waals surface area contributed by atoms with Crippen molar-refractivity contribution in [1.82, 2.24) is 0 Å². The zero-order chi connectivity index (χ0) is 18.8. The van der Waals surface area contributed by atoms with Crippen molar-refractivity contribution in [3.63, 3.8) is 0 Å². The predicted octanol–water partition coefficient (Wildman–Crippen LogP) is 2.60. The molecule has 0 bridgehead atoms. The minimum Gasteiger partial charge on any atom is -0.508 e. The van der Waals surface area contributed by atoms with Gasteiger partial charge in [-0.1, -0.05) is 18.7 Å². The summed E-state index contributed by atoms with van der Waals surface area (Å²) in [6, 6.07) is 7.19. The van der Waals surface area contributed by atoms with Gasteiger partial charge in [0.2, 0.25) is 0 Å². The summed E-state index contributed by atoms with van der Waals surface area (Å²) in [6.07, 6.45) is 3.43. The zero-order valence-electron chi connectivity index (χ0n) is 13.8. The largest absolute Gasteiger partial charge is 0.508 e. The van der Waals surface area contributed by atoms with Gasteiger partial charge in [0, 0.05) is 18.1 Å². The van der Waals surface area contributed by atoms with Crippen LogP contribution in [0.15, 0.2) is 43.0 Å². The van der Waals surface area contributed by atoms with E-state index in [4.69, 9.17) is 4.74 Å². The van der Waals surface area contributed by atoms with Crippen LogP contribution in [0.2, 0.25) is 0 Å². The lowest BCUT2D eigenvalue weighted by Crippen LogP contribution is -2.01. The second-order valence-electron chi connectivity index (χ2n) is 5.99. The van der Waals surface area contributed by atoms with Crippen molar-refractivity contribution in [1.29, 1.82) is 0 Å². The fraction of sp³-hybridized carbons (Fsp3) is 0.150. The van der Waals surface area contributed by atoms with Gasteiger partial charge in [-0.2, -0.15) is 0 Å². The fourth-order valence-electron chi connectivity index (χ4n) is 2.67. The maximum Gasteiger partial charge on any atom is 0.189 e. The number of phenols is 3. The van der Waals surface area contributed by atoms with Gasteiger partial charge in [-0.25, -0.2) is 0 Å². The van der Waals surface area contributed by atoms with Crippen LogP contribution in [0.3, 0.4) is 0 Å². The normalized spacial score (nSPS) is 18.8. The van der Waals surface area contributed by atoms with Gasteiger partial charge in [-0.05, 0) is 41.5 Å². The minimum absolute atomic E-state index is 0.104. The number of benzene rings is 2.